The first-order valence-corrected chi connectivity index (χ1v) is 9.21. The molecule has 7 nitrogen and oxygen atoms in total. The van der Waals surface area contributed by atoms with Gasteiger partial charge in [-0.1, -0.05) is 26.7 Å². The van der Waals surface area contributed by atoms with Crippen LogP contribution in [0.2, 0.25) is 0 Å². The predicted molar refractivity (Wildman–Crippen MR) is 93.8 cm³/mol. The monoisotopic (exact) mass is 382 g/mol. The molecule has 0 fully saturated rings. The second-order valence-electron chi connectivity index (χ2n) is 5.16. The fraction of sp³-hybridized carbons (Fsp3) is 0.500. The maximum absolute atomic E-state index is 12.0. The van der Waals surface area contributed by atoms with Crippen LogP contribution in [0.15, 0.2) is 23.1 Å². The third-order valence-corrected chi connectivity index (χ3v) is 4.07. The number of ether oxygens (including phenoxy) is 2. The topological polar surface area (TPSA) is 107 Å². The fourth-order valence-corrected chi connectivity index (χ4v) is 2.52. The normalized spacial score (nSPS) is 10.7. The number of unbranched alkanes of at least 4 members (excludes halogenated alkanes) is 2. The molecule has 1 N–H and O–H groups in total. The predicted octanol–water partition coefficient (Wildman–Crippen LogP) is 2.20. The van der Waals surface area contributed by atoms with Gasteiger partial charge in [-0.25, -0.2) is 9.59 Å². The van der Waals surface area contributed by atoms with Gasteiger partial charge >= 0.3 is 41.5 Å². The summed E-state index contributed by atoms with van der Waals surface area (Å²) in [5.74, 6) is -1.60. The summed E-state index contributed by atoms with van der Waals surface area (Å²) in [6.07, 6.45) is 2.96. The molecule has 0 saturated heterocycles. The van der Waals surface area contributed by atoms with Crippen LogP contribution in [0.4, 0.5) is 0 Å². The Bertz CT molecular complexity index is 686. The van der Waals surface area contributed by atoms with E-state index in [1.165, 1.54) is 6.07 Å². The van der Waals surface area contributed by atoms with Gasteiger partial charge in [0.25, 0.3) is 10.1 Å². The van der Waals surface area contributed by atoms with Crippen molar-refractivity contribution in [2.24, 2.45) is 0 Å². The van der Waals surface area contributed by atoms with Crippen LogP contribution in [0.25, 0.3) is 0 Å². The number of hydrogen-bond acceptors (Lipinski definition) is 6. The molecule has 0 unspecified atom stereocenters. The van der Waals surface area contributed by atoms with Gasteiger partial charge in [0.2, 0.25) is 0 Å². The summed E-state index contributed by atoms with van der Waals surface area (Å²) >= 11 is 0. The van der Waals surface area contributed by atoms with E-state index in [-0.39, 0.29) is 53.9 Å². The van der Waals surface area contributed by atoms with Gasteiger partial charge < -0.3 is 9.47 Å². The van der Waals surface area contributed by atoms with Crippen molar-refractivity contribution >= 4 is 51.6 Å². The van der Waals surface area contributed by atoms with E-state index in [0.29, 0.717) is 12.8 Å². The summed E-state index contributed by atoms with van der Waals surface area (Å²) in [6, 6.07) is 3.31. The van der Waals surface area contributed by atoms with Crippen LogP contribution in [0.5, 0.6) is 0 Å². The molecule has 0 radical (unpaired) electrons. The van der Waals surface area contributed by atoms with Gasteiger partial charge in [0.15, 0.2) is 0 Å². The van der Waals surface area contributed by atoms with Crippen molar-refractivity contribution in [3.05, 3.63) is 29.3 Å². The Hall–Kier alpha value is -0.930. The van der Waals surface area contributed by atoms with Gasteiger partial charge in [0, 0.05) is 0 Å². The average Bonchev–Trinajstić information content (AvgIpc) is 2.53. The summed E-state index contributed by atoms with van der Waals surface area (Å²) in [4.78, 5) is 23.2. The molecule has 0 heterocycles. The SMILES string of the molecule is CCCCOC(=O)c1ccc(C(=O)OCCCC)c(S(=O)(=O)O)c1.[NaH]. The molecule has 25 heavy (non-hydrogen) atoms. The van der Waals surface area contributed by atoms with E-state index in [4.69, 9.17) is 9.47 Å². The molecule has 0 aliphatic rings. The zero-order chi connectivity index (χ0) is 18.2. The zero-order valence-corrected chi connectivity index (χ0v) is 14.6. The Morgan fingerprint density at radius 1 is 1.00 bits per heavy atom. The molecule has 1 aromatic rings. The van der Waals surface area contributed by atoms with Crippen LogP contribution >= 0.6 is 0 Å². The van der Waals surface area contributed by atoms with Gasteiger partial charge in [0.1, 0.15) is 4.90 Å². The van der Waals surface area contributed by atoms with Crippen molar-refractivity contribution in [2.45, 2.75) is 44.4 Å². The van der Waals surface area contributed by atoms with Crippen molar-refractivity contribution in [3.8, 4) is 0 Å². The summed E-state index contributed by atoms with van der Waals surface area (Å²) < 4.78 is 42.3. The Morgan fingerprint density at radius 2 is 1.52 bits per heavy atom. The van der Waals surface area contributed by atoms with E-state index >= 15 is 0 Å². The number of benzene rings is 1. The van der Waals surface area contributed by atoms with Crippen LogP contribution in [0.3, 0.4) is 0 Å². The van der Waals surface area contributed by atoms with Crippen molar-refractivity contribution in [1.29, 1.82) is 0 Å². The van der Waals surface area contributed by atoms with Crippen molar-refractivity contribution in [1.82, 2.24) is 0 Å². The Morgan fingerprint density at radius 3 is 2.00 bits per heavy atom. The summed E-state index contributed by atoms with van der Waals surface area (Å²) in [5.41, 5.74) is -0.387. The number of carbonyl (C=O) groups is 2. The van der Waals surface area contributed by atoms with Gasteiger partial charge in [0.05, 0.1) is 24.3 Å². The molecular formula is C16H23NaO7S. The molecular weight excluding hydrogens is 359 g/mol. The molecule has 1 rings (SSSR count). The Labute approximate surface area is 170 Å². The first-order valence-electron chi connectivity index (χ1n) is 7.77. The molecule has 0 spiro atoms. The second kappa shape index (κ2) is 11.6. The van der Waals surface area contributed by atoms with Gasteiger partial charge in [-0.15, -0.1) is 0 Å². The van der Waals surface area contributed by atoms with E-state index in [2.05, 4.69) is 0 Å². The van der Waals surface area contributed by atoms with E-state index in [1.807, 2.05) is 13.8 Å². The van der Waals surface area contributed by atoms with E-state index in [0.717, 1.165) is 25.0 Å². The molecule has 136 valence electrons. The fourth-order valence-electron chi connectivity index (χ4n) is 1.81. The average molecular weight is 382 g/mol. The Kier molecular flexibility index (Phi) is 11.2. The molecule has 0 aliphatic heterocycles. The van der Waals surface area contributed by atoms with Crippen LogP contribution in [-0.4, -0.2) is 67.7 Å². The van der Waals surface area contributed by atoms with E-state index in [1.54, 1.807) is 0 Å². The summed E-state index contributed by atoms with van der Waals surface area (Å²) in [7, 11) is -4.70. The third kappa shape index (κ3) is 7.87. The Balaban J connectivity index is 0.00000576. The first-order chi connectivity index (χ1) is 11.3. The van der Waals surface area contributed by atoms with Gasteiger partial charge in [-0.05, 0) is 31.0 Å². The van der Waals surface area contributed by atoms with Gasteiger partial charge in [-0.3, -0.25) is 4.55 Å². The molecule has 0 atom stereocenters. The van der Waals surface area contributed by atoms with E-state index < -0.39 is 27.0 Å². The molecule has 9 heteroatoms. The van der Waals surface area contributed by atoms with Crippen LogP contribution in [-0.2, 0) is 19.6 Å². The summed E-state index contributed by atoms with van der Waals surface area (Å²) in [5, 5.41) is 0. The zero-order valence-electron chi connectivity index (χ0n) is 13.8. The van der Waals surface area contributed by atoms with E-state index in [9.17, 15) is 22.6 Å². The van der Waals surface area contributed by atoms with Crippen molar-refractivity contribution in [3.63, 3.8) is 0 Å². The standard InChI is InChI=1S/C16H22O7S.Na.H/c1-3-5-9-22-15(17)12-7-8-13(14(11-12)24(19,20)21)16(18)23-10-6-4-2;;/h7-8,11H,3-6,9-10H2,1-2H3,(H,19,20,21);;. The van der Waals surface area contributed by atoms with Crippen LogP contribution < -0.4 is 0 Å². The molecule has 0 bridgehead atoms. The van der Waals surface area contributed by atoms with Gasteiger partial charge in [-0.2, -0.15) is 8.42 Å². The van der Waals surface area contributed by atoms with Crippen molar-refractivity contribution < 1.29 is 32.0 Å². The third-order valence-electron chi connectivity index (χ3n) is 3.18. The quantitative estimate of drug-likeness (QED) is 0.302. The maximum atomic E-state index is 12.0. The number of rotatable bonds is 9. The summed E-state index contributed by atoms with van der Waals surface area (Å²) in [6.45, 7) is 4.19. The second-order valence-corrected chi connectivity index (χ2v) is 6.55. The van der Waals surface area contributed by atoms with Crippen molar-refractivity contribution in [2.75, 3.05) is 13.2 Å². The minimum absolute atomic E-state index is 0. The number of hydrogen-bond donors (Lipinski definition) is 1. The number of carbonyl (C=O) groups excluding carboxylic acids is 2. The minimum atomic E-state index is -4.70. The molecule has 0 aliphatic carbocycles. The van der Waals surface area contributed by atoms with Crippen LogP contribution in [0, 0.1) is 0 Å². The number of esters is 2. The molecule has 0 amide bonds. The molecule has 0 aromatic heterocycles. The van der Waals surface area contributed by atoms with Crippen LogP contribution in [0.1, 0.15) is 60.2 Å². The first kappa shape index (κ1) is 24.1. The molecule has 0 saturated carbocycles. The molecule has 1 aromatic carbocycles.